The first-order chi connectivity index (χ1) is 19.5. The first kappa shape index (κ1) is 23.8. The van der Waals surface area contributed by atoms with Gasteiger partial charge in [0.05, 0.1) is 17.4 Å². The molecule has 4 heterocycles. The van der Waals surface area contributed by atoms with Crippen molar-refractivity contribution in [1.82, 2.24) is 9.97 Å². The van der Waals surface area contributed by atoms with E-state index in [1.807, 2.05) is 72.8 Å². The summed E-state index contributed by atoms with van der Waals surface area (Å²) in [5, 5.41) is 37.8. The summed E-state index contributed by atoms with van der Waals surface area (Å²) in [6.45, 7) is 0. The highest BCUT2D eigenvalue weighted by molar-refractivity contribution is 6.55. The van der Waals surface area contributed by atoms with Gasteiger partial charge in [-0.25, -0.2) is 4.99 Å². The van der Waals surface area contributed by atoms with Crippen LogP contribution in [0.4, 0.5) is 11.4 Å². The number of carbonyl (C=O) groups is 1. The van der Waals surface area contributed by atoms with Crippen molar-refractivity contribution < 1.29 is 20.1 Å². The maximum absolute atomic E-state index is 12.5. The quantitative estimate of drug-likeness (QED) is 0.199. The Hall–Kier alpha value is -5.34. The van der Waals surface area contributed by atoms with E-state index < -0.39 is 12.1 Å². The highest BCUT2D eigenvalue weighted by Gasteiger charge is 2.30. The minimum atomic E-state index is -0.926. The molecule has 2 aliphatic heterocycles. The Balaban J connectivity index is 0.000000132. The number of aromatic hydroxyl groups is 2. The van der Waals surface area contributed by atoms with Crippen LogP contribution in [0.15, 0.2) is 102 Å². The fourth-order valence-electron chi connectivity index (χ4n) is 5.43. The highest BCUT2D eigenvalue weighted by Crippen LogP contribution is 2.44. The minimum absolute atomic E-state index is 0.0699. The van der Waals surface area contributed by atoms with Gasteiger partial charge in [-0.2, -0.15) is 0 Å². The van der Waals surface area contributed by atoms with Crippen LogP contribution in [0, 0.1) is 0 Å². The number of anilines is 1. The number of ketones is 1. The monoisotopic (exact) mass is 527 g/mol. The molecule has 5 N–H and O–H groups in total. The minimum Gasteiger partial charge on any atom is -0.847 e. The van der Waals surface area contributed by atoms with Crippen LogP contribution >= 0.6 is 0 Å². The number of benzene rings is 4. The highest BCUT2D eigenvalue weighted by atomic mass is 16.3. The van der Waals surface area contributed by atoms with Crippen molar-refractivity contribution in [2.24, 2.45) is 4.99 Å². The molecule has 8 rings (SSSR count). The van der Waals surface area contributed by atoms with Crippen molar-refractivity contribution >= 4 is 44.7 Å². The van der Waals surface area contributed by atoms with Crippen molar-refractivity contribution in [3.05, 3.63) is 120 Å². The average molecular weight is 528 g/mol. The number of nitrogens with one attached hydrogen (secondary N) is 3. The number of aromatic nitrogens is 2. The smallest absolute Gasteiger partial charge is 0.215 e. The molecule has 0 aliphatic carbocycles. The lowest BCUT2D eigenvalue weighted by molar-refractivity contribution is -0.429. The molecule has 8 heteroatoms. The van der Waals surface area contributed by atoms with Crippen molar-refractivity contribution in [3.8, 4) is 11.5 Å². The molecule has 0 radical (unpaired) electrons. The molecule has 0 amide bonds. The third kappa shape index (κ3) is 3.65. The molecule has 4 aromatic carbocycles. The van der Waals surface area contributed by atoms with Crippen LogP contribution in [0.25, 0.3) is 21.8 Å². The third-order valence-corrected chi connectivity index (χ3v) is 7.41. The molecule has 40 heavy (non-hydrogen) atoms. The lowest BCUT2D eigenvalue weighted by Crippen LogP contribution is -2.22. The molecule has 6 aromatic rings. The molecule has 2 atom stereocenters. The van der Waals surface area contributed by atoms with Crippen LogP contribution in [0.5, 0.6) is 11.5 Å². The Bertz CT molecular complexity index is 1970. The summed E-state index contributed by atoms with van der Waals surface area (Å²) in [7, 11) is 0. The van der Waals surface area contributed by atoms with Crippen LogP contribution in [0.2, 0.25) is 0 Å². The van der Waals surface area contributed by atoms with Gasteiger partial charge in [-0.3, -0.25) is 4.79 Å². The van der Waals surface area contributed by atoms with Crippen LogP contribution in [-0.4, -0.2) is 31.7 Å². The molecule has 2 aromatic heterocycles. The van der Waals surface area contributed by atoms with Crippen molar-refractivity contribution in [2.45, 2.75) is 12.1 Å². The number of para-hydroxylation sites is 4. The largest absolute Gasteiger partial charge is 0.847 e. The normalized spacial score (nSPS) is 17.2. The van der Waals surface area contributed by atoms with Crippen LogP contribution in [0.1, 0.15) is 39.5 Å². The summed E-state index contributed by atoms with van der Waals surface area (Å²) in [5.74, 6) is 0.0646. The van der Waals surface area contributed by atoms with Gasteiger partial charge in [0.2, 0.25) is 5.78 Å². The maximum Gasteiger partial charge on any atom is 0.215 e. The second-order valence-electron chi connectivity index (χ2n) is 9.76. The molecule has 2 unspecified atom stereocenters. The molecule has 0 saturated heterocycles. The van der Waals surface area contributed by atoms with E-state index in [0.29, 0.717) is 28.0 Å². The summed E-state index contributed by atoms with van der Waals surface area (Å²) in [6, 6.07) is 29.0. The molecule has 0 fully saturated rings. The van der Waals surface area contributed by atoms with Crippen molar-refractivity contribution in [1.29, 1.82) is 0 Å². The van der Waals surface area contributed by atoms with E-state index in [-0.39, 0.29) is 23.0 Å². The Labute approximate surface area is 228 Å². The Kier molecular flexibility index (Phi) is 5.43. The molecule has 8 nitrogen and oxygen atoms in total. The topological polar surface area (TPSA) is 137 Å². The van der Waals surface area contributed by atoms with E-state index in [4.69, 9.17) is 0 Å². The number of rotatable bonds is 2. The maximum atomic E-state index is 12.5. The van der Waals surface area contributed by atoms with Gasteiger partial charge in [-0.15, -0.1) is 0 Å². The lowest BCUT2D eigenvalue weighted by Gasteiger charge is -2.24. The number of nitrogens with zero attached hydrogens (tertiary/aromatic N) is 1. The van der Waals surface area contributed by atoms with E-state index >= 15 is 0 Å². The fraction of sp³-hybridized carbons (Fsp3) is 0.0625. The number of aromatic amines is 2. The van der Waals surface area contributed by atoms with Crippen molar-refractivity contribution in [2.75, 3.05) is 5.32 Å². The van der Waals surface area contributed by atoms with E-state index in [2.05, 4.69) is 20.3 Å². The third-order valence-electron chi connectivity index (χ3n) is 7.41. The van der Waals surface area contributed by atoms with E-state index in [0.717, 1.165) is 27.7 Å². The van der Waals surface area contributed by atoms with Gasteiger partial charge in [0.25, 0.3) is 0 Å². The van der Waals surface area contributed by atoms with Crippen LogP contribution < -0.4 is 10.4 Å². The van der Waals surface area contributed by atoms with Crippen molar-refractivity contribution in [3.63, 3.8) is 0 Å². The summed E-state index contributed by atoms with van der Waals surface area (Å²) in [5.41, 5.74) is 5.63. The predicted molar refractivity (Wildman–Crippen MR) is 152 cm³/mol. The summed E-state index contributed by atoms with van der Waals surface area (Å²) in [4.78, 5) is 22.9. The number of hydrogen-bond acceptors (Lipinski definition) is 6. The molecule has 0 spiro atoms. The molecular formula is C32H23N4O4-. The number of carbonyl (C=O) groups excluding carboxylic acids is 1. The summed E-state index contributed by atoms with van der Waals surface area (Å²) in [6.07, 6.45) is -0.926. The Morgan fingerprint density at radius 3 is 2.05 bits per heavy atom. The van der Waals surface area contributed by atoms with E-state index in [1.165, 1.54) is 0 Å². The molecule has 0 bridgehead atoms. The van der Waals surface area contributed by atoms with Gasteiger partial charge in [0.1, 0.15) is 17.2 Å². The number of hydrogen-bond donors (Lipinski definition) is 5. The number of Topliss-reactive ketones (excluding diaryl/α,β-unsaturated/α-hetero) is 1. The first-order valence-electron chi connectivity index (χ1n) is 12.8. The Morgan fingerprint density at radius 2 is 1.35 bits per heavy atom. The van der Waals surface area contributed by atoms with E-state index in [1.54, 1.807) is 24.3 Å². The zero-order chi connectivity index (χ0) is 27.4. The van der Waals surface area contributed by atoms with Gasteiger partial charge in [-0.05, 0) is 48.0 Å². The number of fused-ring (bicyclic) bond motifs is 4. The molecule has 0 saturated carbocycles. The van der Waals surface area contributed by atoms with Crippen LogP contribution in [0.3, 0.4) is 0 Å². The zero-order valence-electron chi connectivity index (χ0n) is 21.1. The molecular weight excluding hydrogens is 504 g/mol. The summed E-state index contributed by atoms with van der Waals surface area (Å²) >= 11 is 0. The van der Waals surface area contributed by atoms with Crippen LogP contribution in [-0.2, 0) is 0 Å². The SMILES string of the molecule is O=C1C(c2[nH]c3ccccc3c2O)=Nc2ccccc21.[O-]C1c2ccccc2NC1c1[nH]c2ccccc2c1O. The molecule has 196 valence electrons. The van der Waals surface area contributed by atoms with Gasteiger partial charge >= 0.3 is 0 Å². The zero-order valence-corrected chi connectivity index (χ0v) is 21.1. The van der Waals surface area contributed by atoms with E-state index in [9.17, 15) is 20.1 Å². The summed E-state index contributed by atoms with van der Waals surface area (Å²) < 4.78 is 0. The van der Waals surface area contributed by atoms with Gasteiger partial charge < -0.3 is 30.6 Å². The fourth-order valence-corrected chi connectivity index (χ4v) is 5.43. The predicted octanol–water partition coefficient (Wildman–Crippen LogP) is 5.63. The second-order valence-corrected chi connectivity index (χ2v) is 9.76. The first-order valence-corrected chi connectivity index (χ1v) is 12.8. The standard InChI is InChI=1S/C16H13N2O2.C16H10N2O2/c2*19-15-9-5-1-3-7-11(9)17-13(15)14-16(20)10-6-2-4-8-12(10)18-14/h1-8,13,15,17-18,20H;1-8,17,19H/q-1;. The number of H-pyrrole nitrogens is 2. The van der Waals surface area contributed by atoms with Gasteiger partial charge in [0, 0.05) is 33.1 Å². The molecule has 2 aliphatic rings. The average Bonchev–Trinajstić information content (AvgIpc) is 3.71. The Morgan fingerprint density at radius 1 is 0.725 bits per heavy atom. The van der Waals surface area contributed by atoms with Gasteiger partial charge in [-0.1, -0.05) is 60.7 Å². The lowest BCUT2D eigenvalue weighted by atomic mass is 10.0. The second kappa shape index (κ2) is 9.14. The number of aliphatic imine (C=N–C) groups is 1. The van der Waals surface area contributed by atoms with Gasteiger partial charge in [0.15, 0.2) is 5.75 Å².